The van der Waals surface area contributed by atoms with Crippen molar-refractivity contribution in [2.75, 3.05) is 13.2 Å². The van der Waals surface area contributed by atoms with Crippen molar-refractivity contribution in [3.8, 4) is 0 Å². The summed E-state index contributed by atoms with van der Waals surface area (Å²) in [5.41, 5.74) is 0.913. The largest absolute Gasteiger partial charge is 0.381 e. The van der Waals surface area contributed by atoms with Crippen molar-refractivity contribution in [2.45, 2.75) is 19.3 Å². The molecule has 0 spiro atoms. The molecule has 2 rings (SSSR count). The molecule has 1 saturated heterocycles. The van der Waals surface area contributed by atoms with E-state index in [9.17, 15) is 0 Å². The maximum atomic E-state index is 5.87. The number of ether oxygens (including phenoxy) is 1. The smallest absolute Gasteiger partial charge is 0.170 e. The summed E-state index contributed by atoms with van der Waals surface area (Å²) in [6.07, 6.45) is 3.08. The van der Waals surface area contributed by atoms with E-state index in [-0.39, 0.29) is 5.15 Å². The summed E-state index contributed by atoms with van der Waals surface area (Å²) in [4.78, 5) is 0. The van der Waals surface area contributed by atoms with Crippen LogP contribution in [0.2, 0.25) is 10.2 Å². The summed E-state index contributed by atoms with van der Waals surface area (Å²) < 4.78 is 5.30. The average Bonchev–Trinajstić information content (AvgIpc) is 2.25. The molecule has 0 atom stereocenters. The highest BCUT2D eigenvalue weighted by Crippen LogP contribution is 2.22. The zero-order valence-electron chi connectivity index (χ0n) is 8.25. The molecule has 0 bridgehead atoms. The number of nitrogens with zero attached hydrogens (tertiary/aromatic N) is 2. The first-order chi connectivity index (χ1) is 7.25. The standard InChI is InChI=1S/C10H12Cl2N2O/c11-9-6-8(13-14-10(9)12)5-7-1-3-15-4-2-7/h6-7H,1-5H2. The van der Waals surface area contributed by atoms with Crippen LogP contribution in [-0.4, -0.2) is 23.4 Å². The van der Waals surface area contributed by atoms with E-state index in [2.05, 4.69) is 10.2 Å². The molecule has 15 heavy (non-hydrogen) atoms. The number of hydrogen-bond donors (Lipinski definition) is 0. The Kier molecular flexibility index (Phi) is 3.78. The predicted molar refractivity (Wildman–Crippen MR) is 59.3 cm³/mol. The predicted octanol–water partition coefficient (Wildman–Crippen LogP) is 2.75. The van der Waals surface area contributed by atoms with Crippen molar-refractivity contribution in [3.05, 3.63) is 21.9 Å². The Morgan fingerprint density at radius 3 is 2.67 bits per heavy atom. The number of hydrogen-bond acceptors (Lipinski definition) is 3. The van der Waals surface area contributed by atoms with Gasteiger partial charge in [-0.25, -0.2) is 0 Å². The summed E-state index contributed by atoms with van der Waals surface area (Å²) in [7, 11) is 0. The fourth-order valence-electron chi connectivity index (χ4n) is 1.74. The second kappa shape index (κ2) is 5.10. The van der Waals surface area contributed by atoms with Gasteiger partial charge in [0.25, 0.3) is 0 Å². The Balaban J connectivity index is 2.00. The van der Waals surface area contributed by atoms with Gasteiger partial charge in [-0.1, -0.05) is 23.2 Å². The maximum absolute atomic E-state index is 5.87. The molecular weight excluding hydrogens is 235 g/mol. The summed E-state index contributed by atoms with van der Waals surface area (Å²) in [5.74, 6) is 0.630. The van der Waals surface area contributed by atoms with Gasteiger partial charge in [0.05, 0.1) is 10.7 Å². The molecule has 0 N–H and O–H groups in total. The van der Waals surface area contributed by atoms with Gasteiger partial charge in [-0.15, -0.1) is 5.10 Å². The molecule has 3 nitrogen and oxygen atoms in total. The van der Waals surface area contributed by atoms with E-state index < -0.39 is 0 Å². The Hall–Kier alpha value is -0.380. The monoisotopic (exact) mass is 246 g/mol. The summed E-state index contributed by atoms with van der Waals surface area (Å²) in [5, 5.41) is 8.57. The van der Waals surface area contributed by atoms with Crippen molar-refractivity contribution in [1.29, 1.82) is 0 Å². The highest BCUT2D eigenvalue weighted by molar-refractivity contribution is 6.41. The zero-order chi connectivity index (χ0) is 10.7. The van der Waals surface area contributed by atoms with Crippen LogP contribution in [-0.2, 0) is 11.2 Å². The lowest BCUT2D eigenvalue weighted by Gasteiger charge is -2.21. The van der Waals surface area contributed by atoms with Gasteiger partial charge in [-0.05, 0) is 31.2 Å². The van der Waals surface area contributed by atoms with Gasteiger partial charge in [0.15, 0.2) is 5.15 Å². The molecule has 82 valence electrons. The van der Waals surface area contributed by atoms with Gasteiger partial charge < -0.3 is 4.74 Å². The van der Waals surface area contributed by atoms with Crippen LogP contribution in [0.1, 0.15) is 18.5 Å². The van der Waals surface area contributed by atoms with Crippen LogP contribution in [0.4, 0.5) is 0 Å². The van der Waals surface area contributed by atoms with Crippen LogP contribution in [0, 0.1) is 5.92 Å². The van der Waals surface area contributed by atoms with Crippen LogP contribution in [0.15, 0.2) is 6.07 Å². The van der Waals surface area contributed by atoms with E-state index in [0.717, 1.165) is 38.2 Å². The summed E-state index contributed by atoms with van der Waals surface area (Å²) >= 11 is 11.6. The first kappa shape index (κ1) is 11.1. The van der Waals surface area contributed by atoms with Gasteiger partial charge in [0.2, 0.25) is 0 Å². The van der Waals surface area contributed by atoms with E-state index in [4.69, 9.17) is 27.9 Å². The molecular formula is C10H12Cl2N2O. The molecule has 1 aromatic heterocycles. The Morgan fingerprint density at radius 1 is 1.27 bits per heavy atom. The van der Waals surface area contributed by atoms with Gasteiger partial charge in [0, 0.05) is 13.2 Å². The number of aromatic nitrogens is 2. The first-order valence-corrected chi connectivity index (χ1v) is 5.76. The van der Waals surface area contributed by atoms with E-state index >= 15 is 0 Å². The second-order valence-corrected chi connectivity index (χ2v) is 4.50. The number of rotatable bonds is 2. The van der Waals surface area contributed by atoms with E-state index in [1.165, 1.54) is 0 Å². The van der Waals surface area contributed by atoms with Crippen molar-refractivity contribution in [3.63, 3.8) is 0 Å². The lowest BCUT2D eigenvalue weighted by Crippen LogP contribution is -2.18. The number of halogens is 2. The quantitative estimate of drug-likeness (QED) is 0.805. The molecule has 0 unspecified atom stereocenters. The topological polar surface area (TPSA) is 35.0 Å². The van der Waals surface area contributed by atoms with Crippen LogP contribution < -0.4 is 0 Å². The first-order valence-electron chi connectivity index (χ1n) is 5.01. The zero-order valence-corrected chi connectivity index (χ0v) is 9.76. The third kappa shape index (κ3) is 3.03. The van der Waals surface area contributed by atoms with Gasteiger partial charge in [-0.2, -0.15) is 5.10 Å². The molecule has 0 aliphatic carbocycles. The highest BCUT2D eigenvalue weighted by atomic mass is 35.5. The molecule has 0 amide bonds. The van der Waals surface area contributed by atoms with Crippen LogP contribution in [0.25, 0.3) is 0 Å². The lowest BCUT2D eigenvalue weighted by molar-refractivity contribution is 0.0662. The lowest BCUT2D eigenvalue weighted by atomic mass is 9.95. The van der Waals surface area contributed by atoms with Crippen molar-refractivity contribution in [1.82, 2.24) is 10.2 Å². The third-order valence-electron chi connectivity index (χ3n) is 2.60. The molecule has 2 heterocycles. The summed E-state index contributed by atoms with van der Waals surface area (Å²) in [6, 6.07) is 1.80. The van der Waals surface area contributed by atoms with Crippen LogP contribution in [0.3, 0.4) is 0 Å². The fourth-order valence-corrected chi connectivity index (χ4v) is 1.99. The SMILES string of the molecule is Clc1cc(CC2CCOCC2)nnc1Cl. The molecule has 1 aliphatic heterocycles. The van der Waals surface area contributed by atoms with E-state index in [1.807, 2.05) is 0 Å². The maximum Gasteiger partial charge on any atom is 0.170 e. The van der Waals surface area contributed by atoms with Crippen molar-refractivity contribution < 1.29 is 4.74 Å². The Labute approximate surface area is 98.7 Å². The van der Waals surface area contributed by atoms with E-state index in [1.54, 1.807) is 6.07 Å². The average molecular weight is 247 g/mol. The van der Waals surface area contributed by atoms with Gasteiger partial charge >= 0.3 is 0 Å². The van der Waals surface area contributed by atoms with E-state index in [0.29, 0.717) is 10.9 Å². The Bertz CT molecular complexity index is 340. The molecule has 0 aromatic carbocycles. The van der Waals surface area contributed by atoms with Crippen molar-refractivity contribution >= 4 is 23.2 Å². The molecule has 1 aromatic rings. The van der Waals surface area contributed by atoms with Crippen LogP contribution in [0.5, 0.6) is 0 Å². The van der Waals surface area contributed by atoms with Crippen LogP contribution >= 0.6 is 23.2 Å². The Morgan fingerprint density at radius 2 is 2.00 bits per heavy atom. The normalized spacial score (nSPS) is 18.0. The molecule has 1 aliphatic rings. The minimum Gasteiger partial charge on any atom is -0.381 e. The van der Waals surface area contributed by atoms with Gasteiger partial charge in [0.1, 0.15) is 0 Å². The molecule has 0 radical (unpaired) electrons. The second-order valence-electron chi connectivity index (χ2n) is 3.73. The third-order valence-corrected chi connectivity index (χ3v) is 3.26. The molecule has 0 saturated carbocycles. The minimum absolute atomic E-state index is 0.271. The minimum atomic E-state index is 0.271. The summed E-state index contributed by atoms with van der Waals surface area (Å²) in [6.45, 7) is 1.69. The highest BCUT2D eigenvalue weighted by Gasteiger charge is 2.15. The van der Waals surface area contributed by atoms with Crippen molar-refractivity contribution in [2.24, 2.45) is 5.92 Å². The molecule has 5 heteroatoms. The van der Waals surface area contributed by atoms with Gasteiger partial charge in [-0.3, -0.25) is 0 Å². The fraction of sp³-hybridized carbons (Fsp3) is 0.600. The molecule has 1 fully saturated rings.